The van der Waals surface area contributed by atoms with E-state index in [1.807, 2.05) is 19.1 Å². The average molecular weight is 198 g/mol. The molecule has 1 rings (SSSR count). The van der Waals surface area contributed by atoms with Gasteiger partial charge in [0.25, 0.3) is 0 Å². The number of hydrogen-bond acceptors (Lipinski definition) is 3. The highest BCUT2D eigenvalue weighted by molar-refractivity contribution is 5.95. The van der Waals surface area contributed by atoms with Gasteiger partial charge in [0.1, 0.15) is 6.10 Å². The molecule has 1 N–H and O–H groups in total. The monoisotopic (exact) mass is 198 g/mol. The molecular formula is C10H14O4. The number of carbonyl (C=O) groups is 2. The molecular weight excluding hydrogens is 184 g/mol. The van der Waals surface area contributed by atoms with Gasteiger partial charge in [0.05, 0.1) is 0 Å². The third kappa shape index (κ3) is 2.58. The van der Waals surface area contributed by atoms with Gasteiger partial charge in [0.2, 0.25) is 0 Å². The molecule has 0 radical (unpaired) electrons. The minimum Gasteiger partial charge on any atom is -0.481 e. The van der Waals surface area contributed by atoms with E-state index in [0.717, 1.165) is 6.42 Å². The van der Waals surface area contributed by atoms with Crippen LogP contribution in [0.15, 0.2) is 12.2 Å². The van der Waals surface area contributed by atoms with Crippen molar-refractivity contribution >= 4 is 11.9 Å². The quantitative estimate of drug-likeness (QED) is 0.421. The summed E-state index contributed by atoms with van der Waals surface area (Å²) >= 11 is 0. The Labute approximate surface area is 82.6 Å². The molecule has 14 heavy (non-hydrogen) atoms. The number of rotatable bonds is 4. The van der Waals surface area contributed by atoms with Crippen molar-refractivity contribution in [2.75, 3.05) is 0 Å². The molecule has 4 nitrogen and oxygen atoms in total. The van der Waals surface area contributed by atoms with E-state index in [-0.39, 0.29) is 6.10 Å². The zero-order chi connectivity index (χ0) is 10.6. The Kier molecular flexibility index (Phi) is 3.68. The number of ether oxygens (including phenoxy) is 1. The summed E-state index contributed by atoms with van der Waals surface area (Å²) in [7, 11) is 0. The van der Waals surface area contributed by atoms with Crippen LogP contribution in [0.2, 0.25) is 0 Å². The Morgan fingerprint density at radius 3 is 2.93 bits per heavy atom. The van der Waals surface area contributed by atoms with Gasteiger partial charge in [-0.25, -0.2) is 0 Å². The second-order valence-electron chi connectivity index (χ2n) is 3.33. The lowest BCUT2D eigenvalue weighted by Crippen LogP contribution is -2.17. The Balaban J connectivity index is 2.39. The minimum atomic E-state index is -1.08. The summed E-state index contributed by atoms with van der Waals surface area (Å²) in [6.07, 6.45) is 5.51. The first-order valence-electron chi connectivity index (χ1n) is 4.69. The van der Waals surface area contributed by atoms with Crippen LogP contribution in [0.1, 0.15) is 26.2 Å². The van der Waals surface area contributed by atoms with Crippen molar-refractivity contribution in [1.82, 2.24) is 0 Å². The molecule has 0 aromatic carbocycles. The number of carboxylic acid groups (broad SMARTS) is 1. The summed E-state index contributed by atoms with van der Waals surface area (Å²) in [6.45, 7) is 1.92. The van der Waals surface area contributed by atoms with E-state index in [1.54, 1.807) is 0 Å². The SMILES string of the molecule is C/C=C/CCC1CC(C(=O)O)C(=O)O1. The Bertz CT molecular complexity index is 257. The molecule has 1 aliphatic rings. The summed E-state index contributed by atoms with van der Waals surface area (Å²) < 4.78 is 4.93. The summed E-state index contributed by atoms with van der Waals surface area (Å²) in [5.41, 5.74) is 0. The molecule has 0 amide bonds. The number of esters is 1. The lowest BCUT2D eigenvalue weighted by molar-refractivity contribution is -0.152. The molecule has 1 aliphatic heterocycles. The van der Waals surface area contributed by atoms with E-state index in [0.29, 0.717) is 12.8 Å². The largest absolute Gasteiger partial charge is 0.481 e. The van der Waals surface area contributed by atoms with E-state index >= 15 is 0 Å². The van der Waals surface area contributed by atoms with E-state index in [1.165, 1.54) is 0 Å². The van der Waals surface area contributed by atoms with E-state index in [9.17, 15) is 9.59 Å². The summed E-state index contributed by atoms with van der Waals surface area (Å²) in [5, 5.41) is 8.66. The third-order valence-corrected chi connectivity index (χ3v) is 2.26. The lowest BCUT2D eigenvalue weighted by atomic mass is 10.0. The molecule has 4 heteroatoms. The van der Waals surface area contributed by atoms with Crippen molar-refractivity contribution in [3.63, 3.8) is 0 Å². The van der Waals surface area contributed by atoms with Gasteiger partial charge >= 0.3 is 11.9 Å². The van der Waals surface area contributed by atoms with Crippen LogP contribution in [0.4, 0.5) is 0 Å². The molecule has 1 fully saturated rings. The minimum absolute atomic E-state index is 0.222. The molecule has 0 bridgehead atoms. The molecule has 1 heterocycles. The van der Waals surface area contributed by atoms with Gasteiger partial charge in [-0.2, -0.15) is 0 Å². The van der Waals surface area contributed by atoms with Crippen LogP contribution in [-0.4, -0.2) is 23.1 Å². The summed E-state index contributed by atoms with van der Waals surface area (Å²) in [6, 6.07) is 0. The second kappa shape index (κ2) is 4.79. The molecule has 1 saturated heterocycles. The van der Waals surface area contributed by atoms with Gasteiger partial charge in [-0.1, -0.05) is 12.2 Å². The molecule has 0 saturated carbocycles. The molecule has 2 atom stereocenters. The Morgan fingerprint density at radius 1 is 1.71 bits per heavy atom. The Morgan fingerprint density at radius 2 is 2.43 bits per heavy atom. The zero-order valence-corrected chi connectivity index (χ0v) is 8.10. The van der Waals surface area contributed by atoms with Crippen molar-refractivity contribution in [3.8, 4) is 0 Å². The molecule has 78 valence electrons. The van der Waals surface area contributed by atoms with Gasteiger partial charge < -0.3 is 9.84 Å². The molecule has 0 aromatic heterocycles. The summed E-state index contributed by atoms with van der Waals surface area (Å²) in [4.78, 5) is 21.6. The van der Waals surface area contributed by atoms with Crippen molar-refractivity contribution in [1.29, 1.82) is 0 Å². The highest BCUT2D eigenvalue weighted by Gasteiger charge is 2.38. The number of carboxylic acids is 1. The summed E-state index contributed by atoms with van der Waals surface area (Å²) in [5.74, 6) is -2.63. The highest BCUT2D eigenvalue weighted by atomic mass is 16.6. The number of hydrogen-bond donors (Lipinski definition) is 1. The van der Waals surface area contributed by atoms with Crippen LogP contribution in [0.5, 0.6) is 0 Å². The van der Waals surface area contributed by atoms with Gasteiger partial charge in [0.15, 0.2) is 5.92 Å². The molecule has 2 unspecified atom stereocenters. The van der Waals surface area contributed by atoms with Crippen LogP contribution >= 0.6 is 0 Å². The number of allylic oxidation sites excluding steroid dienone is 2. The highest BCUT2D eigenvalue weighted by Crippen LogP contribution is 2.24. The van der Waals surface area contributed by atoms with Gasteiger partial charge in [-0.3, -0.25) is 9.59 Å². The first-order valence-corrected chi connectivity index (χ1v) is 4.69. The maximum absolute atomic E-state index is 11.0. The van der Waals surface area contributed by atoms with Crippen LogP contribution in [0.25, 0.3) is 0 Å². The first kappa shape index (κ1) is 10.8. The zero-order valence-electron chi connectivity index (χ0n) is 8.10. The van der Waals surface area contributed by atoms with E-state index < -0.39 is 17.9 Å². The van der Waals surface area contributed by atoms with Gasteiger partial charge in [-0.05, 0) is 19.8 Å². The predicted molar refractivity (Wildman–Crippen MR) is 49.7 cm³/mol. The van der Waals surface area contributed by atoms with Crippen molar-refractivity contribution in [3.05, 3.63) is 12.2 Å². The van der Waals surface area contributed by atoms with Crippen LogP contribution in [-0.2, 0) is 14.3 Å². The Hall–Kier alpha value is -1.32. The van der Waals surface area contributed by atoms with Gasteiger partial charge in [0, 0.05) is 6.42 Å². The number of carbonyl (C=O) groups excluding carboxylic acids is 1. The third-order valence-electron chi connectivity index (χ3n) is 2.26. The number of aliphatic carboxylic acids is 1. The average Bonchev–Trinajstić information content (AvgIpc) is 2.47. The second-order valence-corrected chi connectivity index (χ2v) is 3.33. The van der Waals surface area contributed by atoms with Crippen molar-refractivity contribution in [2.45, 2.75) is 32.3 Å². The molecule has 0 aromatic rings. The smallest absolute Gasteiger partial charge is 0.320 e. The molecule has 0 spiro atoms. The van der Waals surface area contributed by atoms with E-state index in [2.05, 4.69) is 0 Å². The fraction of sp³-hybridized carbons (Fsp3) is 0.600. The number of cyclic esters (lactones) is 1. The topological polar surface area (TPSA) is 63.6 Å². The predicted octanol–water partition coefficient (Wildman–Crippen LogP) is 1.36. The van der Waals surface area contributed by atoms with Crippen LogP contribution in [0, 0.1) is 5.92 Å². The van der Waals surface area contributed by atoms with E-state index in [4.69, 9.17) is 9.84 Å². The first-order chi connectivity index (χ1) is 6.65. The fourth-order valence-electron chi connectivity index (χ4n) is 1.48. The molecule has 0 aliphatic carbocycles. The van der Waals surface area contributed by atoms with Crippen LogP contribution < -0.4 is 0 Å². The maximum atomic E-state index is 11.0. The standard InChI is InChI=1S/C10H14O4/c1-2-3-4-5-7-6-8(9(11)12)10(13)14-7/h2-3,7-8H,4-6H2,1H3,(H,11,12)/b3-2+. The van der Waals surface area contributed by atoms with Gasteiger partial charge in [-0.15, -0.1) is 0 Å². The maximum Gasteiger partial charge on any atom is 0.320 e. The van der Waals surface area contributed by atoms with Crippen LogP contribution in [0.3, 0.4) is 0 Å². The van der Waals surface area contributed by atoms with Crippen molar-refractivity contribution < 1.29 is 19.4 Å². The van der Waals surface area contributed by atoms with Crippen molar-refractivity contribution in [2.24, 2.45) is 5.92 Å². The fourth-order valence-corrected chi connectivity index (χ4v) is 1.48. The normalized spacial score (nSPS) is 26.8. The lowest BCUT2D eigenvalue weighted by Gasteiger charge is -2.05.